The van der Waals surface area contributed by atoms with E-state index in [1.165, 1.54) is 0 Å². The largest absolute Gasteiger partial charge is 0 e. The van der Waals surface area contributed by atoms with E-state index in [-0.39, 0.29) is 107 Å². The van der Waals surface area contributed by atoms with Gasteiger partial charge in [-0.05, 0) is 0 Å². The maximum atomic E-state index is 0. The predicted octanol–water partition coefficient (Wildman–Crippen LogP) is -1.53. The van der Waals surface area contributed by atoms with E-state index < -0.39 is 0 Å². The molecule has 0 amide bonds. The van der Waals surface area contributed by atoms with Gasteiger partial charge in [0.15, 0.2) is 0 Å². The summed E-state index contributed by atoms with van der Waals surface area (Å²) in [7, 11) is 0. The van der Waals surface area contributed by atoms with Crippen molar-refractivity contribution in [3.05, 3.63) is 0 Å². The average Bonchev–Trinajstić information content (AvgIpc) is 0. The molecule has 0 nitrogen and oxygen atoms in total. The van der Waals surface area contributed by atoms with Crippen LogP contribution in [-0.2, 0) is 19.5 Å². The van der Waals surface area contributed by atoms with Gasteiger partial charge in [0.05, 0.1) is 0 Å². The number of rotatable bonds is 0. The van der Waals surface area contributed by atoms with Gasteiger partial charge in [-0.3, -0.25) is 0 Å². The van der Waals surface area contributed by atoms with Crippen LogP contribution in [0.2, 0.25) is 0 Å². The zero-order valence-corrected chi connectivity index (χ0v) is 11.9. The maximum Gasteiger partial charge on any atom is 0 e. The first-order chi connectivity index (χ1) is 0. The van der Waals surface area contributed by atoms with Crippen LogP contribution in [0.5, 0.6) is 0 Å². The van der Waals surface area contributed by atoms with Crippen LogP contribution in [0.1, 0.15) is 0 Å². The normalized spacial score (nSPS) is 0. The van der Waals surface area contributed by atoms with Crippen molar-refractivity contribution in [2.45, 2.75) is 0 Å². The van der Waals surface area contributed by atoms with Gasteiger partial charge in [-0.2, -0.15) is 0 Å². The summed E-state index contributed by atoms with van der Waals surface area (Å²) in [4.78, 5) is 0. The maximum absolute atomic E-state index is 0. The Bertz CT molecular complexity index is 11.6. The Morgan fingerprint density at radius 3 is 1.00 bits per heavy atom. The van der Waals surface area contributed by atoms with E-state index in [4.69, 9.17) is 0 Å². The molecule has 0 aromatic rings. The molecule has 0 spiro atoms. The summed E-state index contributed by atoms with van der Waals surface area (Å²) < 4.78 is 0. The molecule has 0 heterocycles. The summed E-state index contributed by atoms with van der Waals surface area (Å²) >= 11 is 0. The Balaban J connectivity index is 0. The molecular weight excluding hydrogens is 249 g/mol. The van der Waals surface area contributed by atoms with Crippen LogP contribution in [-0.4, -0.2) is 87.1 Å². The summed E-state index contributed by atoms with van der Waals surface area (Å²) in [6.07, 6.45) is 0. The van der Waals surface area contributed by atoms with E-state index in [9.17, 15) is 0 Å². The Labute approximate surface area is 104 Å². The third kappa shape index (κ3) is 19.3. The first kappa shape index (κ1) is 42.8. The minimum absolute atomic E-state index is 0. The molecule has 0 aromatic heterocycles. The Morgan fingerprint density at radius 1 is 1.00 bits per heavy atom. The van der Waals surface area contributed by atoms with Crippen molar-refractivity contribution in [1.82, 2.24) is 0 Å². The fraction of sp³-hybridized carbons (Fsp3) is 0. The summed E-state index contributed by atoms with van der Waals surface area (Å²) in [5.41, 5.74) is 0. The first-order valence-electron chi connectivity index (χ1n) is 0. The quantitative estimate of drug-likeness (QED) is 0.457. The molecule has 0 saturated heterocycles. The van der Waals surface area contributed by atoms with Gasteiger partial charge in [0.1, 0.15) is 0 Å². The topological polar surface area (TPSA) is 0 Å². The van der Waals surface area contributed by atoms with E-state index in [0.717, 1.165) is 0 Å². The fourth-order valence-electron chi connectivity index (χ4n) is 0. The predicted molar refractivity (Wildman–Crippen MR) is 23.0 cm³/mol. The molecule has 0 aliphatic carbocycles. The Morgan fingerprint density at radius 2 is 1.00 bits per heavy atom. The fourth-order valence-corrected chi connectivity index (χ4v) is 0. The first-order valence-corrected chi connectivity index (χ1v) is 0. The minimum atomic E-state index is 0. The SMILES string of the molecule is [B].[Ba].[Li].[Si].[Zn]. The molecule has 0 atom stereocenters. The van der Waals surface area contributed by atoms with E-state index in [2.05, 4.69) is 0 Å². The van der Waals surface area contributed by atoms with Gasteiger partial charge in [0.2, 0.25) is 0 Å². The van der Waals surface area contributed by atoms with Crippen LogP contribution >= 0.6 is 0 Å². The molecule has 12 valence electrons. The molecule has 0 unspecified atom stereocenters. The second-order valence-electron chi connectivity index (χ2n) is 0. The summed E-state index contributed by atoms with van der Waals surface area (Å²) in [6, 6.07) is 0. The van der Waals surface area contributed by atoms with E-state index in [1.54, 1.807) is 0 Å². The van der Waals surface area contributed by atoms with Gasteiger partial charge >= 0.3 is 0 Å². The van der Waals surface area contributed by atoms with Crippen LogP contribution in [0.25, 0.3) is 0 Å². The third-order valence-electron chi connectivity index (χ3n) is 0. The molecule has 0 fully saturated rings. The van der Waals surface area contributed by atoms with Crippen molar-refractivity contribution in [1.29, 1.82) is 0 Å². The summed E-state index contributed by atoms with van der Waals surface area (Å²) in [6.45, 7) is 0. The Kier molecular flexibility index (Phi) is 236. The summed E-state index contributed by atoms with van der Waals surface area (Å²) in [5.74, 6) is 0. The van der Waals surface area contributed by atoms with Gasteiger partial charge in [-0.1, -0.05) is 0 Å². The molecule has 0 saturated carbocycles. The average molecular weight is 249 g/mol. The van der Waals surface area contributed by atoms with Gasteiger partial charge in [-0.15, -0.1) is 0 Å². The zero-order valence-electron chi connectivity index (χ0n) is 3.49. The molecule has 0 N–H and O–H groups in total. The van der Waals surface area contributed by atoms with Crippen LogP contribution in [0.4, 0.5) is 0 Å². The Hall–Kier alpha value is 3.07. The molecular formula is BBaLiSiZn. The van der Waals surface area contributed by atoms with Crippen molar-refractivity contribution < 1.29 is 19.5 Å². The molecule has 0 aromatic carbocycles. The monoisotopic (exact) mass is 248 g/mol. The molecule has 0 aliphatic heterocycles. The minimum Gasteiger partial charge on any atom is 0 e. The molecule has 0 bridgehead atoms. The number of hydrogen-bond acceptors (Lipinski definition) is 0. The standard InChI is InChI=1S/B.Ba.Li.Si.Zn. The van der Waals surface area contributed by atoms with E-state index in [1.807, 2.05) is 0 Å². The van der Waals surface area contributed by atoms with E-state index in [0.29, 0.717) is 0 Å². The molecule has 10 radical (unpaired) electrons. The van der Waals surface area contributed by atoms with Crippen LogP contribution < -0.4 is 0 Å². The van der Waals surface area contributed by atoms with Crippen LogP contribution in [0, 0.1) is 0 Å². The van der Waals surface area contributed by atoms with Crippen molar-refractivity contribution in [3.8, 4) is 0 Å². The van der Waals surface area contributed by atoms with Crippen LogP contribution in [0.3, 0.4) is 0 Å². The molecule has 0 rings (SSSR count). The van der Waals surface area contributed by atoms with E-state index >= 15 is 0 Å². The van der Waals surface area contributed by atoms with Crippen molar-refractivity contribution >= 4 is 87.1 Å². The van der Waals surface area contributed by atoms with Crippen molar-refractivity contribution in [3.63, 3.8) is 0 Å². The molecule has 5 heteroatoms. The third-order valence-corrected chi connectivity index (χ3v) is 0. The van der Waals surface area contributed by atoms with Gasteiger partial charge < -0.3 is 0 Å². The second-order valence-corrected chi connectivity index (χ2v) is 0. The van der Waals surface area contributed by atoms with Crippen molar-refractivity contribution in [2.24, 2.45) is 0 Å². The smallest absolute Gasteiger partial charge is 0 e. The molecule has 5 heavy (non-hydrogen) atoms. The van der Waals surface area contributed by atoms with Gasteiger partial charge in [0.25, 0.3) is 0 Å². The van der Waals surface area contributed by atoms with Gasteiger partial charge in [0, 0.05) is 107 Å². The molecule has 0 aliphatic rings. The zero-order chi connectivity index (χ0) is 0. The second kappa shape index (κ2) is 27.6. The van der Waals surface area contributed by atoms with Crippen LogP contribution in [0.15, 0.2) is 0 Å². The van der Waals surface area contributed by atoms with Gasteiger partial charge in [-0.25, -0.2) is 0 Å². The summed E-state index contributed by atoms with van der Waals surface area (Å²) in [5, 5.41) is 0. The number of hydrogen-bond donors (Lipinski definition) is 0. The van der Waals surface area contributed by atoms with Crippen molar-refractivity contribution in [2.75, 3.05) is 0 Å².